The fourth-order valence-electron chi connectivity index (χ4n) is 3.16. The molecule has 1 N–H and O–H groups in total. The van der Waals surface area contributed by atoms with Gasteiger partial charge in [-0.25, -0.2) is 0 Å². The lowest BCUT2D eigenvalue weighted by atomic mass is 9.94. The first kappa shape index (κ1) is 12.2. The van der Waals surface area contributed by atoms with Crippen LogP contribution in [0.15, 0.2) is 17.5 Å². The second-order valence-electron chi connectivity index (χ2n) is 5.34. The molecule has 4 heteroatoms. The number of carbonyl (C=O) groups is 1. The minimum Gasteiger partial charge on any atom is -0.318 e. The van der Waals surface area contributed by atoms with Gasteiger partial charge in [0, 0.05) is 10.9 Å². The quantitative estimate of drug-likeness (QED) is 0.891. The topological polar surface area (TPSA) is 32.3 Å². The van der Waals surface area contributed by atoms with Gasteiger partial charge in [-0.2, -0.15) is 0 Å². The Balaban J connectivity index is 1.85. The van der Waals surface area contributed by atoms with Gasteiger partial charge >= 0.3 is 0 Å². The van der Waals surface area contributed by atoms with E-state index in [-0.39, 0.29) is 18.1 Å². The van der Waals surface area contributed by atoms with Crippen molar-refractivity contribution in [2.24, 2.45) is 0 Å². The minimum absolute atomic E-state index is 0.0426. The Morgan fingerprint density at radius 2 is 2.11 bits per heavy atom. The second kappa shape index (κ2) is 5.02. The van der Waals surface area contributed by atoms with E-state index in [2.05, 4.69) is 27.7 Å². The van der Waals surface area contributed by atoms with Gasteiger partial charge < -0.3 is 4.90 Å². The number of amides is 1. The van der Waals surface area contributed by atoms with Crippen LogP contribution >= 0.6 is 11.3 Å². The summed E-state index contributed by atoms with van der Waals surface area (Å²) in [6.45, 7) is 1.98. The zero-order chi connectivity index (χ0) is 12.5. The molecule has 2 aliphatic rings. The maximum atomic E-state index is 12.4. The number of nitrogens with zero attached hydrogens (tertiary/aromatic N) is 1. The summed E-state index contributed by atoms with van der Waals surface area (Å²) in [7, 11) is 0. The highest BCUT2D eigenvalue weighted by atomic mass is 32.1. The highest BCUT2D eigenvalue weighted by Crippen LogP contribution is 2.34. The number of hydrogen-bond acceptors (Lipinski definition) is 3. The van der Waals surface area contributed by atoms with E-state index in [9.17, 15) is 4.79 Å². The monoisotopic (exact) mass is 264 g/mol. The number of rotatable bonds is 2. The van der Waals surface area contributed by atoms with Gasteiger partial charge in [-0.15, -0.1) is 11.3 Å². The molecule has 1 aromatic rings. The van der Waals surface area contributed by atoms with Gasteiger partial charge in [-0.05, 0) is 31.2 Å². The molecule has 0 spiro atoms. The highest BCUT2D eigenvalue weighted by Gasteiger charge is 2.41. The van der Waals surface area contributed by atoms with Gasteiger partial charge in [0.05, 0.1) is 6.04 Å². The van der Waals surface area contributed by atoms with Crippen LogP contribution in [0.3, 0.4) is 0 Å². The molecule has 1 saturated heterocycles. The predicted octanol–water partition coefficient (Wildman–Crippen LogP) is 2.90. The molecule has 3 nitrogen and oxygen atoms in total. The molecular weight excluding hydrogens is 244 g/mol. The molecular formula is C14H20N2OS. The second-order valence-corrected chi connectivity index (χ2v) is 6.32. The van der Waals surface area contributed by atoms with Crippen molar-refractivity contribution in [3.05, 3.63) is 22.4 Å². The summed E-state index contributed by atoms with van der Waals surface area (Å²) in [5.41, 5.74) is 0. The molecule has 0 radical (unpaired) electrons. The van der Waals surface area contributed by atoms with Crippen molar-refractivity contribution in [3.63, 3.8) is 0 Å². The Labute approximate surface area is 112 Å². The summed E-state index contributed by atoms with van der Waals surface area (Å²) in [6, 6.07) is 4.59. The molecule has 98 valence electrons. The van der Waals surface area contributed by atoms with Crippen LogP contribution in [0, 0.1) is 0 Å². The van der Waals surface area contributed by atoms with Crippen molar-refractivity contribution < 1.29 is 4.79 Å². The van der Waals surface area contributed by atoms with Crippen LogP contribution in [0.2, 0.25) is 0 Å². The van der Waals surface area contributed by atoms with Gasteiger partial charge in [0.25, 0.3) is 0 Å². The molecule has 2 heterocycles. The zero-order valence-electron chi connectivity index (χ0n) is 10.8. The van der Waals surface area contributed by atoms with Gasteiger partial charge in [0.2, 0.25) is 5.91 Å². The van der Waals surface area contributed by atoms with Crippen molar-refractivity contribution in [2.75, 3.05) is 0 Å². The van der Waals surface area contributed by atoms with Crippen molar-refractivity contribution in [1.82, 2.24) is 10.2 Å². The third kappa shape index (κ3) is 2.08. The molecule has 18 heavy (non-hydrogen) atoms. The van der Waals surface area contributed by atoms with E-state index >= 15 is 0 Å². The molecule has 1 saturated carbocycles. The van der Waals surface area contributed by atoms with Crippen LogP contribution in [0.25, 0.3) is 0 Å². The number of hydrogen-bond donors (Lipinski definition) is 1. The van der Waals surface area contributed by atoms with E-state index in [4.69, 9.17) is 0 Å². The standard InChI is InChI=1S/C14H20N2OS/c1-10-14(17)16(11-6-3-2-4-7-11)13(15-10)12-8-5-9-18-12/h5,8-11,13,15H,2-4,6-7H2,1H3. The van der Waals surface area contributed by atoms with Crippen LogP contribution in [0.1, 0.15) is 50.1 Å². The molecule has 0 aromatic carbocycles. The van der Waals surface area contributed by atoms with Gasteiger partial charge in [-0.3, -0.25) is 10.1 Å². The summed E-state index contributed by atoms with van der Waals surface area (Å²) >= 11 is 1.74. The van der Waals surface area contributed by atoms with Crippen LogP contribution in [-0.4, -0.2) is 22.9 Å². The fraction of sp³-hybridized carbons (Fsp3) is 0.643. The van der Waals surface area contributed by atoms with E-state index in [1.165, 1.54) is 37.0 Å². The third-order valence-corrected chi connectivity index (χ3v) is 5.02. The van der Waals surface area contributed by atoms with Crippen LogP contribution in [0.4, 0.5) is 0 Å². The van der Waals surface area contributed by atoms with Crippen LogP contribution in [-0.2, 0) is 4.79 Å². The summed E-state index contributed by atoms with van der Waals surface area (Å²) in [6.07, 6.45) is 6.30. The smallest absolute Gasteiger partial charge is 0.241 e. The van der Waals surface area contributed by atoms with E-state index in [0.717, 1.165) is 0 Å². The molecule has 1 aliphatic heterocycles. The Kier molecular flexibility index (Phi) is 3.39. The third-order valence-electron chi connectivity index (χ3n) is 4.09. The van der Waals surface area contributed by atoms with Crippen molar-refractivity contribution in [2.45, 2.75) is 57.3 Å². The minimum atomic E-state index is -0.0426. The first-order valence-electron chi connectivity index (χ1n) is 6.89. The normalized spacial score (nSPS) is 30.1. The van der Waals surface area contributed by atoms with Gasteiger partial charge in [-0.1, -0.05) is 25.3 Å². The largest absolute Gasteiger partial charge is 0.318 e. The van der Waals surface area contributed by atoms with Crippen LogP contribution < -0.4 is 5.32 Å². The summed E-state index contributed by atoms with van der Waals surface area (Å²) < 4.78 is 0. The molecule has 1 aromatic heterocycles. The molecule has 1 amide bonds. The van der Waals surface area contributed by atoms with E-state index in [1.807, 2.05) is 6.92 Å². The molecule has 2 unspecified atom stereocenters. The van der Waals surface area contributed by atoms with Crippen molar-refractivity contribution in [3.8, 4) is 0 Å². The average molecular weight is 264 g/mol. The predicted molar refractivity (Wildman–Crippen MR) is 73.4 cm³/mol. The highest BCUT2D eigenvalue weighted by molar-refractivity contribution is 7.10. The van der Waals surface area contributed by atoms with Gasteiger partial charge in [0.15, 0.2) is 0 Å². The Morgan fingerprint density at radius 1 is 1.33 bits per heavy atom. The van der Waals surface area contributed by atoms with Crippen molar-refractivity contribution >= 4 is 17.2 Å². The fourth-order valence-corrected chi connectivity index (χ4v) is 3.94. The maximum absolute atomic E-state index is 12.4. The molecule has 0 bridgehead atoms. The van der Waals surface area contributed by atoms with E-state index in [0.29, 0.717) is 6.04 Å². The number of thiophene rings is 1. The Morgan fingerprint density at radius 3 is 2.78 bits per heavy atom. The first-order valence-corrected chi connectivity index (χ1v) is 7.77. The molecule has 3 rings (SSSR count). The lowest BCUT2D eigenvalue weighted by Gasteiger charge is -2.34. The Bertz CT molecular complexity index is 411. The van der Waals surface area contributed by atoms with Gasteiger partial charge in [0.1, 0.15) is 6.17 Å². The molecule has 1 aliphatic carbocycles. The van der Waals surface area contributed by atoms with E-state index < -0.39 is 0 Å². The number of carbonyl (C=O) groups excluding carboxylic acids is 1. The summed E-state index contributed by atoms with van der Waals surface area (Å²) in [5, 5.41) is 5.53. The zero-order valence-corrected chi connectivity index (χ0v) is 11.6. The summed E-state index contributed by atoms with van der Waals surface area (Å²) in [4.78, 5) is 15.8. The summed E-state index contributed by atoms with van der Waals surface area (Å²) in [5.74, 6) is 0.278. The SMILES string of the molecule is CC1NC(c2cccs2)N(C2CCCCC2)C1=O. The maximum Gasteiger partial charge on any atom is 0.241 e. The molecule has 2 atom stereocenters. The van der Waals surface area contributed by atoms with Crippen LogP contribution in [0.5, 0.6) is 0 Å². The number of nitrogens with one attached hydrogen (secondary N) is 1. The van der Waals surface area contributed by atoms with E-state index in [1.54, 1.807) is 11.3 Å². The lowest BCUT2D eigenvalue weighted by Crippen LogP contribution is -2.40. The average Bonchev–Trinajstić information content (AvgIpc) is 3.00. The lowest BCUT2D eigenvalue weighted by molar-refractivity contribution is -0.132. The van der Waals surface area contributed by atoms with Crippen molar-refractivity contribution in [1.29, 1.82) is 0 Å². The first-order chi connectivity index (χ1) is 8.77. The molecule has 2 fully saturated rings. The Hall–Kier alpha value is -0.870.